The van der Waals surface area contributed by atoms with Gasteiger partial charge in [0.05, 0.1) is 11.1 Å². The number of hydrogen-bond acceptors (Lipinski definition) is 4. The number of carbonyl (C=O) groups excluding carboxylic acids is 1. The molecule has 1 N–H and O–H groups in total. The lowest BCUT2D eigenvalue weighted by atomic mass is 10.3. The van der Waals surface area contributed by atoms with Gasteiger partial charge in [0.25, 0.3) is 0 Å². The first kappa shape index (κ1) is 17.2. The van der Waals surface area contributed by atoms with Gasteiger partial charge in [0, 0.05) is 19.8 Å². The minimum Gasteiger partial charge on any atom is -0.345 e. The maximum Gasteiger partial charge on any atom is 0.242 e. The van der Waals surface area contributed by atoms with Crippen LogP contribution in [0.25, 0.3) is 0 Å². The third-order valence-electron chi connectivity index (χ3n) is 2.63. The monoisotopic (exact) mass is 339 g/mol. The fourth-order valence-electron chi connectivity index (χ4n) is 1.39. The number of nitrogens with one attached hydrogen (secondary N) is 1. The number of hydrogen-bond donors (Lipinski definition) is 1. The van der Waals surface area contributed by atoms with Gasteiger partial charge in [0.15, 0.2) is 0 Å². The van der Waals surface area contributed by atoms with Crippen molar-refractivity contribution in [3.8, 4) is 0 Å². The fourth-order valence-corrected chi connectivity index (χ4v) is 2.89. The highest BCUT2D eigenvalue weighted by Crippen LogP contribution is 2.22. The normalized spacial score (nSPS) is 13.1. The van der Waals surface area contributed by atoms with Crippen LogP contribution in [0.2, 0.25) is 10.2 Å². The zero-order valence-corrected chi connectivity index (χ0v) is 13.6. The van der Waals surface area contributed by atoms with Crippen molar-refractivity contribution in [2.24, 2.45) is 0 Å². The van der Waals surface area contributed by atoms with Crippen LogP contribution in [0.15, 0.2) is 17.2 Å². The zero-order chi connectivity index (χ0) is 15.5. The van der Waals surface area contributed by atoms with Gasteiger partial charge in [-0.25, -0.2) is 13.4 Å². The molecule has 1 aromatic heterocycles. The van der Waals surface area contributed by atoms with Gasteiger partial charge in [-0.1, -0.05) is 23.2 Å². The van der Waals surface area contributed by atoms with Crippen molar-refractivity contribution in [3.63, 3.8) is 0 Å². The smallest absolute Gasteiger partial charge is 0.242 e. The molecule has 112 valence electrons. The molecule has 0 aliphatic heterocycles. The Kier molecular flexibility index (Phi) is 5.76. The second-order valence-corrected chi connectivity index (χ2v) is 6.62. The summed E-state index contributed by atoms with van der Waals surface area (Å²) in [6.07, 6.45) is 1.08. The number of likely N-dealkylation sites (N-methyl/N-ethyl adjacent to an activating group) is 1. The van der Waals surface area contributed by atoms with E-state index in [2.05, 4.69) is 9.71 Å². The van der Waals surface area contributed by atoms with E-state index < -0.39 is 16.1 Å². The SMILES string of the molecule is CCN(C)C(=O)C(C)NS(=O)(=O)c1cnc(Cl)c(Cl)c1. The number of carbonyl (C=O) groups is 1. The Bertz CT molecular complexity index is 607. The second kappa shape index (κ2) is 6.71. The van der Waals surface area contributed by atoms with E-state index in [1.54, 1.807) is 14.0 Å². The maximum atomic E-state index is 12.1. The molecule has 1 rings (SSSR count). The van der Waals surface area contributed by atoms with Gasteiger partial charge in [0.1, 0.15) is 10.0 Å². The van der Waals surface area contributed by atoms with Crippen molar-refractivity contribution < 1.29 is 13.2 Å². The van der Waals surface area contributed by atoms with Crippen LogP contribution in [0.5, 0.6) is 0 Å². The van der Waals surface area contributed by atoms with E-state index in [0.29, 0.717) is 6.54 Å². The highest BCUT2D eigenvalue weighted by molar-refractivity contribution is 7.89. The number of halogens is 2. The van der Waals surface area contributed by atoms with Crippen molar-refractivity contribution in [2.75, 3.05) is 13.6 Å². The number of aromatic nitrogens is 1. The lowest BCUT2D eigenvalue weighted by Gasteiger charge is -2.20. The summed E-state index contributed by atoms with van der Waals surface area (Å²) < 4.78 is 26.5. The molecule has 0 spiro atoms. The molecule has 0 saturated carbocycles. The molecule has 1 atom stereocenters. The van der Waals surface area contributed by atoms with Gasteiger partial charge in [0.2, 0.25) is 15.9 Å². The minimum absolute atomic E-state index is 0.0143. The third kappa shape index (κ3) is 4.05. The molecule has 0 aromatic carbocycles. The van der Waals surface area contributed by atoms with Crippen LogP contribution in [0.4, 0.5) is 0 Å². The molecule has 1 heterocycles. The van der Waals surface area contributed by atoms with Crippen LogP contribution in [0.3, 0.4) is 0 Å². The molecular formula is C11H15Cl2N3O3S. The van der Waals surface area contributed by atoms with E-state index in [0.717, 1.165) is 6.20 Å². The van der Waals surface area contributed by atoms with Gasteiger partial charge in [-0.05, 0) is 19.9 Å². The Labute approximate surface area is 128 Å². The summed E-state index contributed by atoms with van der Waals surface area (Å²) in [6, 6.07) is 0.291. The van der Waals surface area contributed by atoms with Crippen molar-refractivity contribution in [1.29, 1.82) is 0 Å². The molecule has 9 heteroatoms. The summed E-state index contributed by atoms with van der Waals surface area (Å²) in [7, 11) is -2.30. The van der Waals surface area contributed by atoms with Crippen LogP contribution in [-0.4, -0.2) is 43.8 Å². The van der Waals surface area contributed by atoms with Crippen molar-refractivity contribution >= 4 is 39.1 Å². The molecule has 20 heavy (non-hydrogen) atoms. The van der Waals surface area contributed by atoms with E-state index >= 15 is 0 Å². The zero-order valence-electron chi connectivity index (χ0n) is 11.2. The van der Waals surface area contributed by atoms with Crippen LogP contribution in [0, 0.1) is 0 Å². The first-order valence-electron chi connectivity index (χ1n) is 5.77. The molecule has 1 aromatic rings. The van der Waals surface area contributed by atoms with E-state index in [9.17, 15) is 13.2 Å². The largest absolute Gasteiger partial charge is 0.345 e. The summed E-state index contributed by atoms with van der Waals surface area (Å²) in [5.74, 6) is -0.330. The average Bonchev–Trinajstić information content (AvgIpc) is 2.39. The molecule has 1 unspecified atom stereocenters. The molecule has 0 fully saturated rings. The predicted octanol–water partition coefficient (Wildman–Crippen LogP) is 1.53. The number of amides is 1. The number of rotatable bonds is 5. The van der Waals surface area contributed by atoms with Gasteiger partial charge < -0.3 is 4.90 Å². The Morgan fingerprint density at radius 1 is 1.50 bits per heavy atom. The first-order valence-corrected chi connectivity index (χ1v) is 8.01. The Balaban J connectivity index is 2.95. The number of sulfonamides is 1. The van der Waals surface area contributed by atoms with Gasteiger partial charge in [-0.15, -0.1) is 0 Å². The summed E-state index contributed by atoms with van der Waals surface area (Å²) in [5.41, 5.74) is 0. The molecule has 6 nitrogen and oxygen atoms in total. The molecule has 0 radical (unpaired) electrons. The second-order valence-electron chi connectivity index (χ2n) is 4.14. The van der Waals surface area contributed by atoms with Crippen LogP contribution < -0.4 is 4.72 Å². The van der Waals surface area contributed by atoms with Crippen molar-refractivity contribution in [3.05, 3.63) is 22.4 Å². The van der Waals surface area contributed by atoms with E-state index in [-0.39, 0.29) is 21.0 Å². The Morgan fingerprint density at radius 2 is 2.10 bits per heavy atom. The lowest BCUT2D eigenvalue weighted by Crippen LogP contribution is -2.45. The predicted molar refractivity (Wildman–Crippen MR) is 77.4 cm³/mol. The number of pyridine rings is 1. The highest BCUT2D eigenvalue weighted by Gasteiger charge is 2.24. The highest BCUT2D eigenvalue weighted by atomic mass is 35.5. The van der Waals surface area contributed by atoms with Gasteiger partial charge >= 0.3 is 0 Å². The molecule has 0 aliphatic rings. The quantitative estimate of drug-likeness (QED) is 0.825. The van der Waals surface area contributed by atoms with Gasteiger partial charge in [-0.3, -0.25) is 4.79 Å². The summed E-state index contributed by atoms with van der Waals surface area (Å²) >= 11 is 11.4. The standard InChI is InChI=1S/C11H15Cl2N3O3S/c1-4-16(3)11(17)7(2)15-20(18,19)8-5-9(12)10(13)14-6-8/h5-7,15H,4H2,1-3H3. The number of nitrogens with zero attached hydrogens (tertiary/aromatic N) is 2. The Morgan fingerprint density at radius 3 is 2.60 bits per heavy atom. The average molecular weight is 340 g/mol. The maximum absolute atomic E-state index is 12.1. The third-order valence-corrected chi connectivity index (χ3v) is 4.83. The molecular weight excluding hydrogens is 325 g/mol. The van der Waals surface area contributed by atoms with E-state index in [1.807, 2.05) is 0 Å². The summed E-state index contributed by atoms with van der Waals surface area (Å²) in [5, 5.41) is 0.0413. The van der Waals surface area contributed by atoms with Crippen LogP contribution in [0.1, 0.15) is 13.8 Å². The molecule has 0 saturated heterocycles. The summed E-state index contributed by atoms with van der Waals surface area (Å²) in [6.45, 7) is 3.75. The lowest BCUT2D eigenvalue weighted by molar-refractivity contribution is -0.131. The molecule has 1 amide bonds. The van der Waals surface area contributed by atoms with Crippen molar-refractivity contribution in [1.82, 2.24) is 14.6 Å². The molecule has 0 bridgehead atoms. The first-order chi connectivity index (χ1) is 9.19. The Hall–Kier alpha value is -0.890. The minimum atomic E-state index is -3.89. The van der Waals surface area contributed by atoms with Crippen LogP contribution in [-0.2, 0) is 14.8 Å². The molecule has 0 aliphatic carbocycles. The van der Waals surface area contributed by atoms with Crippen LogP contribution >= 0.6 is 23.2 Å². The summed E-state index contributed by atoms with van der Waals surface area (Å²) in [4.78, 5) is 16.8. The van der Waals surface area contributed by atoms with Gasteiger partial charge in [-0.2, -0.15) is 4.72 Å². The fraction of sp³-hybridized carbons (Fsp3) is 0.455. The topological polar surface area (TPSA) is 79.4 Å². The van der Waals surface area contributed by atoms with E-state index in [4.69, 9.17) is 23.2 Å². The van der Waals surface area contributed by atoms with E-state index in [1.165, 1.54) is 17.9 Å². The van der Waals surface area contributed by atoms with Crippen molar-refractivity contribution in [2.45, 2.75) is 24.8 Å².